The summed E-state index contributed by atoms with van der Waals surface area (Å²) in [6.07, 6.45) is 8.78. The van der Waals surface area contributed by atoms with Crippen molar-refractivity contribution in [1.82, 2.24) is 10.2 Å². The first-order valence-corrected chi connectivity index (χ1v) is 10.4. The predicted octanol–water partition coefficient (Wildman–Crippen LogP) is 3.25. The lowest BCUT2D eigenvalue weighted by atomic mass is 9.90. The minimum Gasteiger partial charge on any atom is -0.497 e. The fourth-order valence-electron chi connectivity index (χ4n) is 4.41. The van der Waals surface area contributed by atoms with Gasteiger partial charge in [-0.05, 0) is 93.5 Å². The number of hydrogen-bond donors (Lipinski definition) is 1. The zero-order valence-electron chi connectivity index (χ0n) is 16.0. The van der Waals surface area contributed by atoms with Crippen LogP contribution in [0.2, 0.25) is 0 Å². The first kappa shape index (κ1) is 17.8. The number of carbonyl (C=O) groups is 1. The van der Waals surface area contributed by atoms with E-state index in [0.717, 1.165) is 43.0 Å². The van der Waals surface area contributed by atoms with Crippen LogP contribution in [0.15, 0.2) is 24.3 Å². The zero-order chi connectivity index (χ0) is 17.9. The van der Waals surface area contributed by atoms with E-state index in [4.69, 9.17) is 4.74 Å². The van der Waals surface area contributed by atoms with Crippen LogP contribution in [-0.2, 0) is 11.2 Å². The van der Waals surface area contributed by atoms with E-state index in [-0.39, 0.29) is 5.91 Å². The van der Waals surface area contributed by atoms with E-state index in [1.54, 1.807) is 7.11 Å². The summed E-state index contributed by atoms with van der Waals surface area (Å²) in [6, 6.07) is 8.93. The van der Waals surface area contributed by atoms with Gasteiger partial charge >= 0.3 is 0 Å². The number of benzene rings is 1. The Balaban J connectivity index is 1.18. The summed E-state index contributed by atoms with van der Waals surface area (Å²) in [4.78, 5) is 14.8. The zero-order valence-corrected chi connectivity index (χ0v) is 16.0. The molecule has 4 nitrogen and oxygen atoms in total. The molecule has 26 heavy (non-hydrogen) atoms. The average molecular weight is 357 g/mol. The molecule has 1 aliphatic heterocycles. The second-order valence-corrected chi connectivity index (χ2v) is 8.54. The molecular formula is C22H32N2O2. The van der Waals surface area contributed by atoms with E-state index in [1.165, 1.54) is 44.1 Å². The molecule has 1 aromatic rings. The molecule has 4 rings (SSSR count). The molecular weight excluding hydrogens is 324 g/mol. The molecule has 142 valence electrons. The molecule has 1 aromatic carbocycles. The summed E-state index contributed by atoms with van der Waals surface area (Å²) < 4.78 is 5.23. The van der Waals surface area contributed by atoms with Gasteiger partial charge in [0.05, 0.1) is 13.7 Å². The van der Waals surface area contributed by atoms with Gasteiger partial charge in [-0.3, -0.25) is 9.69 Å². The monoisotopic (exact) mass is 356 g/mol. The number of piperidine rings is 1. The Hall–Kier alpha value is -1.55. The van der Waals surface area contributed by atoms with Crippen LogP contribution in [-0.4, -0.2) is 43.6 Å². The lowest BCUT2D eigenvalue weighted by Gasteiger charge is -2.32. The topological polar surface area (TPSA) is 41.6 Å². The van der Waals surface area contributed by atoms with Crippen molar-refractivity contribution in [1.29, 1.82) is 0 Å². The van der Waals surface area contributed by atoms with Crippen molar-refractivity contribution in [2.75, 3.05) is 26.7 Å². The Bertz CT molecular complexity index is 587. The number of methoxy groups -OCH3 is 1. The van der Waals surface area contributed by atoms with Crippen molar-refractivity contribution in [2.45, 2.75) is 51.0 Å². The van der Waals surface area contributed by atoms with Crippen molar-refractivity contribution >= 4 is 5.91 Å². The molecule has 1 amide bonds. The summed E-state index contributed by atoms with van der Waals surface area (Å²) in [5.41, 5.74) is 1.39. The smallest absolute Gasteiger partial charge is 0.234 e. The molecule has 0 radical (unpaired) electrons. The molecule has 0 spiro atoms. The van der Waals surface area contributed by atoms with Crippen LogP contribution in [0, 0.1) is 17.8 Å². The van der Waals surface area contributed by atoms with Crippen molar-refractivity contribution in [3.8, 4) is 5.75 Å². The second kappa shape index (κ2) is 7.99. The van der Waals surface area contributed by atoms with E-state index >= 15 is 0 Å². The van der Waals surface area contributed by atoms with Crippen molar-refractivity contribution in [3.05, 3.63) is 29.8 Å². The third-order valence-corrected chi connectivity index (χ3v) is 6.35. The van der Waals surface area contributed by atoms with E-state index in [0.29, 0.717) is 12.6 Å². The Morgan fingerprint density at radius 2 is 1.69 bits per heavy atom. The molecule has 0 unspecified atom stereocenters. The van der Waals surface area contributed by atoms with Gasteiger partial charge in [0.1, 0.15) is 5.75 Å². The molecule has 4 heteroatoms. The van der Waals surface area contributed by atoms with E-state index in [9.17, 15) is 4.79 Å². The maximum absolute atomic E-state index is 12.5. The molecule has 3 aliphatic rings. The van der Waals surface area contributed by atoms with Gasteiger partial charge in [-0.15, -0.1) is 0 Å². The first-order valence-electron chi connectivity index (χ1n) is 10.4. The standard InChI is InChI=1S/C22H32N2O2/c1-26-20-8-2-16(3-9-20)14-17-10-12-24(13-11-17)15-21(25)23-22(18-4-5-18)19-6-7-19/h2-3,8-9,17-19,22H,4-7,10-15H2,1H3,(H,23,25). The molecule has 0 aromatic heterocycles. The Morgan fingerprint density at radius 3 is 2.23 bits per heavy atom. The highest BCUT2D eigenvalue weighted by atomic mass is 16.5. The van der Waals surface area contributed by atoms with Crippen LogP contribution < -0.4 is 10.1 Å². The van der Waals surface area contributed by atoms with Gasteiger partial charge in [0, 0.05) is 6.04 Å². The van der Waals surface area contributed by atoms with Crippen molar-refractivity contribution in [2.24, 2.45) is 17.8 Å². The summed E-state index contributed by atoms with van der Waals surface area (Å²) in [6.45, 7) is 2.68. The normalized spacial score (nSPS) is 21.8. The molecule has 2 saturated carbocycles. The SMILES string of the molecule is COc1ccc(CC2CCN(CC(=O)NC(C3CC3)C3CC3)CC2)cc1. The lowest BCUT2D eigenvalue weighted by Crippen LogP contribution is -2.46. The van der Waals surface area contributed by atoms with E-state index in [2.05, 4.69) is 22.3 Å². The highest BCUT2D eigenvalue weighted by molar-refractivity contribution is 5.78. The second-order valence-electron chi connectivity index (χ2n) is 8.54. The summed E-state index contributed by atoms with van der Waals surface area (Å²) >= 11 is 0. The third kappa shape index (κ3) is 4.79. The molecule has 3 fully saturated rings. The highest BCUT2D eigenvalue weighted by Gasteiger charge is 2.42. The quantitative estimate of drug-likeness (QED) is 0.777. The summed E-state index contributed by atoms with van der Waals surface area (Å²) in [7, 11) is 1.71. The fraction of sp³-hybridized carbons (Fsp3) is 0.682. The number of hydrogen-bond acceptors (Lipinski definition) is 3. The van der Waals surface area contributed by atoms with Gasteiger partial charge in [0.2, 0.25) is 5.91 Å². The van der Waals surface area contributed by atoms with Crippen LogP contribution in [0.1, 0.15) is 44.1 Å². The van der Waals surface area contributed by atoms with Gasteiger partial charge in [-0.25, -0.2) is 0 Å². The van der Waals surface area contributed by atoms with Gasteiger partial charge in [0.25, 0.3) is 0 Å². The van der Waals surface area contributed by atoms with Crippen LogP contribution in [0.25, 0.3) is 0 Å². The number of likely N-dealkylation sites (tertiary alicyclic amines) is 1. The molecule has 0 atom stereocenters. The highest BCUT2D eigenvalue weighted by Crippen LogP contribution is 2.44. The van der Waals surface area contributed by atoms with Crippen LogP contribution in [0.3, 0.4) is 0 Å². The van der Waals surface area contributed by atoms with Crippen molar-refractivity contribution in [3.63, 3.8) is 0 Å². The summed E-state index contributed by atoms with van der Waals surface area (Å²) in [5, 5.41) is 3.36. The Morgan fingerprint density at radius 1 is 1.08 bits per heavy atom. The van der Waals surface area contributed by atoms with Gasteiger partial charge in [-0.1, -0.05) is 12.1 Å². The number of rotatable bonds is 8. The van der Waals surface area contributed by atoms with Crippen LogP contribution in [0.5, 0.6) is 5.75 Å². The molecule has 1 saturated heterocycles. The molecule has 0 bridgehead atoms. The third-order valence-electron chi connectivity index (χ3n) is 6.35. The number of ether oxygens (including phenoxy) is 1. The van der Waals surface area contributed by atoms with Gasteiger partial charge in [-0.2, -0.15) is 0 Å². The molecule has 1 heterocycles. The predicted molar refractivity (Wildman–Crippen MR) is 103 cm³/mol. The van der Waals surface area contributed by atoms with Gasteiger partial charge in [0.15, 0.2) is 0 Å². The van der Waals surface area contributed by atoms with E-state index < -0.39 is 0 Å². The Labute approximate surface area is 157 Å². The number of nitrogens with zero attached hydrogens (tertiary/aromatic N) is 1. The minimum absolute atomic E-state index is 0.252. The first-order chi connectivity index (χ1) is 12.7. The maximum atomic E-state index is 12.5. The Kier molecular flexibility index (Phi) is 5.49. The number of amides is 1. The maximum Gasteiger partial charge on any atom is 0.234 e. The molecule has 2 aliphatic carbocycles. The number of nitrogens with one attached hydrogen (secondary N) is 1. The average Bonchev–Trinajstić information content (AvgIpc) is 3.56. The minimum atomic E-state index is 0.252. The lowest BCUT2D eigenvalue weighted by molar-refractivity contribution is -0.123. The molecule has 1 N–H and O–H groups in total. The van der Waals surface area contributed by atoms with Crippen molar-refractivity contribution < 1.29 is 9.53 Å². The van der Waals surface area contributed by atoms with Gasteiger partial charge < -0.3 is 10.1 Å². The van der Waals surface area contributed by atoms with Crippen LogP contribution in [0.4, 0.5) is 0 Å². The largest absolute Gasteiger partial charge is 0.497 e. The summed E-state index contributed by atoms with van der Waals surface area (Å²) in [5.74, 6) is 3.46. The fourth-order valence-corrected chi connectivity index (χ4v) is 4.41. The van der Waals surface area contributed by atoms with Crippen LogP contribution >= 0.6 is 0 Å². The number of carbonyl (C=O) groups excluding carboxylic acids is 1. The van der Waals surface area contributed by atoms with E-state index in [1.807, 2.05) is 12.1 Å².